The number of carbonyl (C=O) groups is 1. The van der Waals surface area contributed by atoms with Crippen LogP contribution in [0.5, 0.6) is 0 Å². The molecule has 116 valence electrons. The van der Waals surface area contributed by atoms with Crippen molar-refractivity contribution in [2.24, 2.45) is 0 Å². The number of pyridine rings is 1. The molecule has 0 bridgehead atoms. The van der Waals surface area contributed by atoms with Crippen molar-refractivity contribution in [1.82, 2.24) is 15.1 Å². The molecule has 1 amide bonds. The van der Waals surface area contributed by atoms with Crippen LogP contribution in [0.3, 0.4) is 0 Å². The van der Waals surface area contributed by atoms with Crippen molar-refractivity contribution in [1.29, 1.82) is 0 Å². The average molecular weight is 312 g/mol. The topological polar surface area (TPSA) is 80.9 Å². The zero-order valence-corrected chi connectivity index (χ0v) is 12.5. The Morgan fingerprint density at radius 2 is 2.09 bits per heavy atom. The zero-order chi connectivity index (χ0) is 16.4. The summed E-state index contributed by atoms with van der Waals surface area (Å²) >= 11 is 0. The fourth-order valence-corrected chi connectivity index (χ4v) is 2.09. The highest BCUT2D eigenvalue weighted by Crippen LogP contribution is 2.22. The third-order valence-electron chi connectivity index (χ3n) is 3.21. The van der Waals surface area contributed by atoms with E-state index in [4.69, 9.17) is 4.52 Å². The van der Waals surface area contributed by atoms with Gasteiger partial charge in [0.2, 0.25) is 11.7 Å². The molecular formula is C16H13FN4O2. The van der Waals surface area contributed by atoms with Crippen LogP contribution < -0.4 is 5.32 Å². The van der Waals surface area contributed by atoms with Gasteiger partial charge in [-0.25, -0.2) is 4.39 Å². The third-order valence-corrected chi connectivity index (χ3v) is 3.21. The molecule has 23 heavy (non-hydrogen) atoms. The summed E-state index contributed by atoms with van der Waals surface area (Å²) in [4.78, 5) is 20.5. The molecule has 2 aromatic heterocycles. The van der Waals surface area contributed by atoms with Crippen molar-refractivity contribution >= 4 is 11.6 Å². The summed E-state index contributed by atoms with van der Waals surface area (Å²) in [6.07, 6.45) is 2.90. The van der Waals surface area contributed by atoms with Gasteiger partial charge in [-0.15, -0.1) is 0 Å². The molecule has 3 rings (SSSR count). The van der Waals surface area contributed by atoms with Gasteiger partial charge in [0.05, 0.1) is 11.3 Å². The number of aromatic nitrogens is 3. The van der Waals surface area contributed by atoms with Crippen LogP contribution in [0.25, 0.3) is 11.4 Å². The number of hydrogen-bond donors (Lipinski definition) is 1. The normalized spacial score (nSPS) is 10.6. The highest BCUT2D eigenvalue weighted by Gasteiger charge is 2.18. The fraction of sp³-hybridized carbons (Fsp3) is 0.125. The average Bonchev–Trinajstić information content (AvgIpc) is 2.96. The lowest BCUT2D eigenvalue weighted by atomic mass is 10.1. The molecular weight excluding hydrogens is 299 g/mol. The van der Waals surface area contributed by atoms with Crippen molar-refractivity contribution in [3.63, 3.8) is 0 Å². The van der Waals surface area contributed by atoms with Crippen molar-refractivity contribution < 1.29 is 13.7 Å². The highest BCUT2D eigenvalue weighted by molar-refractivity contribution is 6.08. The largest absolute Gasteiger partial charge is 0.339 e. The third kappa shape index (κ3) is 3.08. The van der Waals surface area contributed by atoms with Gasteiger partial charge < -0.3 is 9.84 Å². The van der Waals surface area contributed by atoms with Crippen LogP contribution in [-0.4, -0.2) is 21.0 Å². The van der Waals surface area contributed by atoms with Gasteiger partial charge in [-0.2, -0.15) is 4.98 Å². The van der Waals surface area contributed by atoms with E-state index in [0.717, 1.165) is 5.56 Å². The lowest BCUT2D eigenvalue weighted by Gasteiger charge is -2.09. The molecule has 0 spiro atoms. The maximum Gasteiger partial charge on any atom is 0.258 e. The second-order valence-electron chi connectivity index (χ2n) is 5.00. The van der Waals surface area contributed by atoms with Crippen LogP contribution in [-0.2, 0) is 0 Å². The van der Waals surface area contributed by atoms with E-state index >= 15 is 0 Å². The molecule has 0 radical (unpaired) electrons. The summed E-state index contributed by atoms with van der Waals surface area (Å²) < 4.78 is 18.8. The molecule has 0 saturated carbocycles. The molecule has 0 atom stereocenters. The minimum absolute atomic E-state index is 0.0969. The van der Waals surface area contributed by atoms with E-state index in [1.54, 1.807) is 26.0 Å². The van der Waals surface area contributed by atoms with Crippen LogP contribution in [0.1, 0.15) is 21.8 Å². The molecule has 6 nitrogen and oxygen atoms in total. The molecule has 2 heterocycles. The van der Waals surface area contributed by atoms with E-state index in [-0.39, 0.29) is 17.1 Å². The smallest absolute Gasteiger partial charge is 0.258 e. The van der Waals surface area contributed by atoms with E-state index < -0.39 is 11.7 Å². The highest BCUT2D eigenvalue weighted by atomic mass is 19.1. The first kappa shape index (κ1) is 14.8. The van der Waals surface area contributed by atoms with Crippen LogP contribution in [0.2, 0.25) is 0 Å². The maximum atomic E-state index is 13.9. The number of anilines is 1. The minimum atomic E-state index is -0.502. The van der Waals surface area contributed by atoms with Gasteiger partial charge in [-0.3, -0.25) is 9.78 Å². The zero-order valence-electron chi connectivity index (χ0n) is 12.5. The molecule has 0 aliphatic heterocycles. The number of carbonyl (C=O) groups excluding carboxylic acids is 1. The van der Waals surface area contributed by atoms with Gasteiger partial charge >= 0.3 is 0 Å². The molecule has 7 heteroatoms. The second-order valence-corrected chi connectivity index (χ2v) is 5.00. The number of nitrogens with one attached hydrogen (secondary N) is 1. The number of amides is 1. The van der Waals surface area contributed by atoms with E-state index in [2.05, 4.69) is 20.4 Å². The first-order chi connectivity index (χ1) is 11.0. The Morgan fingerprint density at radius 1 is 1.26 bits per heavy atom. The summed E-state index contributed by atoms with van der Waals surface area (Å²) in [5.74, 6) is -0.343. The molecule has 0 aliphatic carbocycles. The SMILES string of the molecule is Cc1ccc(NC(=O)c2cnccc2-c2noc(C)n2)c(F)c1. The predicted molar refractivity (Wildman–Crippen MR) is 81.4 cm³/mol. The van der Waals surface area contributed by atoms with Gasteiger partial charge in [0, 0.05) is 24.9 Å². The van der Waals surface area contributed by atoms with Crippen LogP contribution in [0, 0.1) is 19.7 Å². The van der Waals surface area contributed by atoms with Gasteiger partial charge in [-0.05, 0) is 30.7 Å². The van der Waals surface area contributed by atoms with Crippen LogP contribution >= 0.6 is 0 Å². The lowest BCUT2D eigenvalue weighted by molar-refractivity contribution is 0.102. The molecule has 0 unspecified atom stereocenters. The van der Waals surface area contributed by atoms with E-state index in [9.17, 15) is 9.18 Å². The molecule has 1 aromatic carbocycles. The summed E-state index contributed by atoms with van der Waals surface area (Å²) in [6, 6.07) is 6.18. The van der Waals surface area contributed by atoms with E-state index in [1.807, 2.05) is 0 Å². The Labute approximate surface area is 131 Å². The fourth-order valence-electron chi connectivity index (χ4n) is 2.09. The summed E-state index contributed by atoms with van der Waals surface area (Å²) in [7, 11) is 0. The van der Waals surface area contributed by atoms with Crippen molar-refractivity contribution in [2.75, 3.05) is 5.32 Å². The van der Waals surface area contributed by atoms with Crippen molar-refractivity contribution in [3.05, 3.63) is 59.5 Å². The maximum absolute atomic E-state index is 13.9. The number of hydrogen-bond acceptors (Lipinski definition) is 5. The van der Waals surface area contributed by atoms with Crippen LogP contribution in [0.4, 0.5) is 10.1 Å². The molecule has 0 aliphatic rings. The van der Waals surface area contributed by atoms with Gasteiger partial charge in [-0.1, -0.05) is 11.2 Å². The summed E-state index contributed by atoms with van der Waals surface area (Å²) in [5.41, 5.74) is 1.56. The number of benzene rings is 1. The van der Waals surface area contributed by atoms with Gasteiger partial charge in [0.25, 0.3) is 5.91 Å². The number of nitrogens with zero attached hydrogens (tertiary/aromatic N) is 3. The number of rotatable bonds is 3. The van der Waals surface area contributed by atoms with Crippen molar-refractivity contribution in [3.8, 4) is 11.4 Å². The second kappa shape index (κ2) is 5.96. The molecule has 1 N–H and O–H groups in total. The Bertz CT molecular complexity index is 876. The monoisotopic (exact) mass is 312 g/mol. The lowest BCUT2D eigenvalue weighted by Crippen LogP contribution is -2.14. The number of halogens is 1. The molecule has 0 fully saturated rings. The minimum Gasteiger partial charge on any atom is -0.339 e. The van der Waals surface area contributed by atoms with E-state index in [0.29, 0.717) is 11.5 Å². The van der Waals surface area contributed by atoms with Gasteiger partial charge in [0.1, 0.15) is 5.82 Å². The number of aryl methyl sites for hydroxylation is 2. The van der Waals surface area contributed by atoms with Gasteiger partial charge in [0.15, 0.2) is 0 Å². The predicted octanol–water partition coefficient (Wildman–Crippen LogP) is 3.14. The first-order valence-corrected chi connectivity index (χ1v) is 6.87. The Balaban J connectivity index is 1.94. The molecule has 0 saturated heterocycles. The van der Waals surface area contributed by atoms with Crippen LogP contribution in [0.15, 0.2) is 41.2 Å². The first-order valence-electron chi connectivity index (χ1n) is 6.87. The Kier molecular flexibility index (Phi) is 3.84. The summed E-state index contributed by atoms with van der Waals surface area (Å²) in [6.45, 7) is 3.42. The summed E-state index contributed by atoms with van der Waals surface area (Å²) in [5, 5.41) is 6.33. The van der Waals surface area contributed by atoms with Crippen molar-refractivity contribution in [2.45, 2.75) is 13.8 Å². The molecule has 3 aromatic rings. The van der Waals surface area contributed by atoms with E-state index in [1.165, 1.54) is 24.5 Å². The Morgan fingerprint density at radius 3 is 2.78 bits per heavy atom. The quantitative estimate of drug-likeness (QED) is 0.803. The standard InChI is InChI=1S/C16H13FN4O2/c1-9-3-4-14(13(17)7-9)20-16(22)12-8-18-6-5-11(12)15-19-10(2)23-21-15/h3-8H,1-2H3,(H,20,22). The Hall–Kier alpha value is -3.09.